The molecule has 1 unspecified atom stereocenters. The van der Waals surface area contributed by atoms with Crippen molar-refractivity contribution in [2.24, 2.45) is 5.92 Å². The first-order valence-electron chi connectivity index (χ1n) is 7.11. The maximum absolute atomic E-state index is 12.5. The molecule has 6 nitrogen and oxygen atoms in total. The maximum Gasteiger partial charge on any atom is 0.240 e. The SMILES string of the molecule is CNS(=O)(=O)c1ccc2c(c1)CCN2C(=O)C1CCNC1. The van der Waals surface area contributed by atoms with Gasteiger partial charge in [-0.1, -0.05) is 0 Å². The molecule has 1 fully saturated rings. The molecule has 0 aliphatic carbocycles. The number of benzene rings is 1. The molecular weight excluding hydrogens is 290 g/mol. The number of hydrogen-bond acceptors (Lipinski definition) is 4. The first kappa shape index (κ1) is 14.5. The Morgan fingerprint density at radius 2 is 2.24 bits per heavy atom. The Morgan fingerprint density at radius 3 is 2.90 bits per heavy atom. The Morgan fingerprint density at radius 1 is 1.43 bits per heavy atom. The molecule has 0 saturated carbocycles. The number of hydrogen-bond donors (Lipinski definition) is 2. The molecule has 3 rings (SSSR count). The second kappa shape index (κ2) is 5.40. The average molecular weight is 309 g/mol. The second-order valence-electron chi connectivity index (χ2n) is 5.43. The number of sulfonamides is 1. The summed E-state index contributed by atoms with van der Waals surface area (Å²) in [5, 5.41) is 3.20. The summed E-state index contributed by atoms with van der Waals surface area (Å²) in [6, 6.07) is 4.97. The van der Waals surface area contributed by atoms with Crippen LogP contribution in [-0.4, -0.2) is 41.0 Å². The van der Waals surface area contributed by atoms with E-state index in [1.807, 2.05) is 0 Å². The van der Waals surface area contributed by atoms with Gasteiger partial charge in [0.1, 0.15) is 0 Å². The van der Waals surface area contributed by atoms with Crippen LogP contribution < -0.4 is 14.9 Å². The van der Waals surface area contributed by atoms with Gasteiger partial charge < -0.3 is 10.2 Å². The zero-order valence-electron chi connectivity index (χ0n) is 11.9. The van der Waals surface area contributed by atoms with Crippen molar-refractivity contribution in [3.05, 3.63) is 23.8 Å². The van der Waals surface area contributed by atoms with Gasteiger partial charge in [-0.25, -0.2) is 13.1 Å². The van der Waals surface area contributed by atoms with Crippen molar-refractivity contribution >= 4 is 21.6 Å². The van der Waals surface area contributed by atoms with Crippen molar-refractivity contribution in [2.45, 2.75) is 17.7 Å². The Labute approximate surface area is 124 Å². The van der Waals surface area contributed by atoms with E-state index in [4.69, 9.17) is 0 Å². The van der Waals surface area contributed by atoms with Crippen LogP contribution in [0.2, 0.25) is 0 Å². The molecule has 21 heavy (non-hydrogen) atoms. The fraction of sp³-hybridized carbons (Fsp3) is 0.500. The quantitative estimate of drug-likeness (QED) is 0.830. The standard InChI is InChI=1S/C14H19N3O3S/c1-15-21(19,20)12-2-3-13-10(8-12)5-7-17(13)14(18)11-4-6-16-9-11/h2-3,8,11,15-16H,4-7,9H2,1H3. The summed E-state index contributed by atoms with van der Waals surface area (Å²) in [7, 11) is -2.04. The minimum Gasteiger partial charge on any atom is -0.316 e. The van der Waals surface area contributed by atoms with E-state index in [0.29, 0.717) is 13.0 Å². The highest BCUT2D eigenvalue weighted by Gasteiger charge is 2.32. The number of anilines is 1. The Bertz CT molecular complexity index is 666. The summed E-state index contributed by atoms with van der Waals surface area (Å²) in [6.45, 7) is 2.25. The summed E-state index contributed by atoms with van der Waals surface area (Å²) in [5.41, 5.74) is 1.77. The Balaban J connectivity index is 1.88. The van der Waals surface area contributed by atoms with Crippen LogP contribution in [0.25, 0.3) is 0 Å². The van der Waals surface area contributed by atoms with E-state index in [2.05, 4.69) is 10.0 Å². The maximum atomic E-state index is 12.5. The van der Waals surface area contributed by atoms with E-state index in [9.17, 15) is 13.2 Å². The van der Waals surface area contributed by atoms with Gasteiger partial charge >= 0.3 is 0 Å². The minimum absolute atomic E-state index is 0.0386. The monoisotopic (exact) mass is 309 g/mol. The highest BCUT2D eigenvalue weighted by atomic mass is 32.2. The molecule has 2 heterocycles. The number of nitrogens with zero attached hydrogens (tertiary/aromatic N) is 1. The molecule has 1 saturated heterocycles. The molecule has 1 amide bonds. The first-order chi connectivity index (χ1) is 10.0. The van der Waals surface area contributed by atoms with Crippen LogP contribution in [0, 0.1) is 5.92 Å². The van der Waals surface area contributed by atoms with Crippen LogP contribution in [0.3, 0.4) is 0 Å². The molecule has 7 heteroatoms. The lowest BCUT2D eigenvalue weighted by Gasteiger charge is -2.21. The molecule has 0 spiro atoms. The fourth-order valence-corrected chi connectivity index (χ4v) is 3.76. The minimum atomic E-state index is -3.44. The van der Waals surface area contributed by atoms with Gasteiger partial charge in [-0.15, -0.1) is 0 Å². The molecule has 1 atom stereocenters. The number of rotatable bonds is 3. The smallest absolute Gasteiger partial charge is 0.240 e. The lowest BCUT2D eigenvalue weighted by atomic mass is 10.1. The summed E-state index contributed by atoms with van der Waals surface area (Å²) >= 11 is 0. The summed E-state index contributed by atoms with van der Waals surface area (Å²) in [6.07, 6.45) is 1.57. The third-order valence-electron chi connectivity index (χ3n) is 4.20. The van der Waals surface area contributed by atoms with Gasteiger partial charge in [-0.3, -0.25) is 4.79 Å². The van der Waals surface area contributed by atoms with E-state index in [1.54, 1.807) is 23.1 Å². The molecule has 2 aliphatic rings. The summed E-state index contributed by atoms with van der Waals surface area (Å²) in [5.74, 6) is 0.180. The van der Waals surface area contributed by atoms with E-state index in [-0.39, 0.29) is 16.7 Å². The predicted molar refractivity (Wildman–Crippen MR) is 79.7 cm³/mol. The molecular formula is C14H19N3O3S. The van der Waals surface area contributed by atoms with Gasteiger partial charge in [0, 0.05) is 18.8 Å². The van der Waals surface area contributed by atoms with Crippen LogP contribution in [-0.2, 0) is 21.2 Å². The molecule has 2 aliphatic heterocycles. The van der Waals surface area contributed by atoms with Crippen molar-refractivity contribution in [2.75, 3.05) is 31.6 Å². The zero-order valence-corrected chi connectivity index (χ0v) is 12.7. The van der Waals surface area contributed by atoms with E-state index >= 15 is 0 Å². The lowest BCUT2D eigenvalue weighted by molar-refractivity contribution is -0.121. The fourth-order valence-electron chi connectivity index (χ4n) is 2.98. The van der Waals surface area contributed by atoms with Crippen LogP contribution in [0.5, 0.6) is 0 Å². The lowest BCUT2D eigenvalue weighted by Crippen LogP contribution is -2.35. The molecule has 1 aromatic carbocycles. The van der Waals surface area contributed by atoms with Crippen molar-refractivity contribution in [1.82, 2.24) is 10.0 Å². The average Bonchev–Trinajstić information content (AvgIpc) is 3.15. The van der Waals surface area contributed by atoms with Gasteiger partial charge in [0.2, 0.25) is 15.9 Å². The normalized spacial score (nSPS) is 21.6. The summed E-state index contributed by atoms with van der Waals surface area (Å²) < 4.78 is 26.0. The van der Waals surface area contributed by atoms with Crippen LogP contribution >= 0.6 is 0 Å². The topological polar surface area (TPSA) is 78.5 Å². The highest BCUT2D eigenvalue weighted by Crippen LogP contribution is 2.31. The molecule has 0 bridgehead atoms. The molecule has 0 aromatic heterocycles. The number of nitrogens with one attached hydrogen (secondary N) is 2. The second-order valence-corrected chi connectivity index (χ2v) is 7.31. The Kier molecular flexibility index (Phi) is 3.73. The van der Waals surface area contributed by atoms with Crippen molar-refractivity contribution in [3.8, 4) is 0 Å². The van der Waals surface area contributed by atoms with Gasteiger partial charge in [0.25, 0.3) is 0 Å². The van der Waals surface area contributed by atoms with Crippen LogP contribution in [0.4, 0.5) is 5.69 Å². The Hall–Kier alpha value is -1.44. The van der Waals surface area contributed by atoms with Crippen molar-refractivity contribution in [1.29, 1.82) is 0 Å². The largest absolute Gasteiger partial charge is 0.316 e. The third-order valence-corrected chi connectivity index (χ3v) is 5.61. The van der Waals surface area contributed by atoms with Crippen LogP contribution in [0.1, 0.15) is 12.0 Å². The number of amides is 1. The van der Waals surface area contributed by atoms with Gasteiger partial charge in [0.05, 0.1) is 10.8 Å². The van der Waals surface area contributed by atoms with Crippen LogP contribution in [0.15, 0.2) is 23.1 Å². The van der Waals surface area contributed by atoms with Gasteiger partial charge in [-0.05, 0) is 50.2 Å². The zero-order chi connectivity index (χ0) is 15.0. The van der Waals surface area contributed by atoms with E-state index in [0.717, 1.165) is 30.8 Å². The third kappa shape index (κ3) is 2.56. The summed E-state index contributed by atoms with van der Waals surface area (Å²) in [4.78, 5) is 14.5. The van der Waals surface area contributed by atoms with E-state index in [1.165, 1.54) is 7.05 Å². The van der Waals surface area contributed by atoms with Gasteiger partial charge in [0.15, 0.2) is 0 Å². The molecule has 1 aromatic rings. The van der Waals surface area contributed by atoms with Gasteiger partial charge in [-0.2, -0.15) is 0 Å². The number of carbonyl (C=O) groups excluding carboxylic acids is 1. The molecule has 2 N–H and O–H groups in total. The van der Waals surface area contributed by atoms with Crippen molar-refractivity contribution < 1.29 is 13.2 Å². The first-order valence-corrected chi connectivity index (χ1v) is 8.60. The predicted octanol–water partition coefficient (Wildman–Crippen LogP) is 0.0933. The molecule has 114 valence electrons. The van der Waals surface area contributed by atoms with Crippen molar-refractivity contribution in [3.63, 3.8) is 0 Å². The number of carbonyl (C=O) groups is 1. The molecule has 0 radical (unpaired) electrons. The highest BCUT2D eigenvalue weighted by molar-refractivity contribution is 7.89. The number of fused-ring (bicyclic) bond motifs is 1. The van der Waals surface area contributed by atoms with E-state index < -0.39 is 10.0 Å².